The van der Waals surface area contributed by atoms with E-state index in [1.165, 1.54) is 0 Å². The number of hydrogen-bond donors (Lipinski definition) is 2. The Kier molecular flexibility index (Phi) is 6.93. The lowest BCUT2D eigenvalue weighted by Crippen LogP contribution is -2.14. The fourth-order valence-electron chi connectivity index (χ4n) is 5.10. The lowest BCUT2D eigenvalue weighted by Gasteiger charge is -2.22. The van der Waals surface area contributed by atoms with Crippen LogP contribution in [-0.4, -0.2) is 23.2 Å². The Morgan fingerprint density at radius 3 is 2.38 bits per heavy atom. The number of aromatic nitrogens is 1. The van der Waals surface area contributed by atoms with Crippen LogP contribution in [0.15, 0.2) is 71.2 Å². The number of carbonyl (C=O) groups excluding carboxylic acids is 1. The van der Waals surface area contributed by atoms with Crippen molar-refractivity contribution in [2.45, 2.75) is 46.0 Å². The maximum absolute atomic E-state index is 13.7. The van der Waals surface area contributed by atoms with Gasteiger partial charge in [-0.3, -0.25) is 0 Å². The first kappa shape index (κ1) is 26.8. The van der Waals surface area contributed by atoms with Crippen LogP contribution in [0.25, 0.3) is 32.8 Å². The van der Waals surface area contributed by atoms with Gasteiger partial charge in [-0.25, -0.2) is 4.79 Å². The van der Waals surface area contributed by atoms with Crippen molar-refractivity contribution in [3.05, 3.63) is 88.0 Å². The minimum absolute atomic E-state index is 0.103. The molecule has 0 atom stereocenters. The van der Waals surface area contributed by atoms with Gasteiger partial charge in [0.25, 0.3) is 0 Å². The Morgan fingerprint density at radius 1 is 0.949 bits per heavy atom. The summed E-state index contributed by atoms with van der Waals surface area (Å²) < 4.78 is 12.3. The van der Waals surface area contributed by atoms with Crippen molar-refractivity contribution >= 4 is 43.6 Å². The Hall–Kier alpha value is -3.77. The van der Waals surface area contributed by atoms with E-state index in [1.807, 2.05) is 54.6 Å². The summed E-state index contributed by atoms with van der Waals surface area (Å²) in [6.45, 7) is 10.5. The number of aromatic hydroxyl groups is 1. The number of carbonyl (C=O) groups is 1. The third-order valence-corrected chi connectivity index (χ3v) is 7.54. The number of hydrogen-bond acceptors (Lipinski definition) is 4. The van der Waals surface area contributed by atoms with Crippen molar-refractivity contribution in [3.8, 4) is 28.4 Å². The van der Waals surface area contributed by atoms with Crippen LogP contribution in [0, 0.1) is 0 Å². The summed E-state index contributed by atoms with van der Waals surface area (Å²) in [6, 6.07) is 20.9. The van der Waals surface area contributed by atoms with Gasteiger partial charge in [-0.05, 0) is 64.7 Å². The standard InChI is InChI=1S/C33H32BrNO4/c1-18(2)22-9-7-8-10-27(22)39-32(37)25-16-19-15-20(34)11-13-23(19)28(30(25)36)29-24-17-21(38-6)12-14-26(24)35-31(29)33(3,4)5/h7-18,35-36H,1-6H3. The lowest BCUT2D eigenvalue weighted by atomic mass is 9.84. The van der Waals surface area contributed by atoms with Crippen LogP contribution in [0.4, 0.5) is 0 Å². The number of methoxy groups -OCH3 is 1. The summed E-state index contributed by atoms with van der Waals surface area (Å²) in [7, 11) is 1.63. The minimum Gasteiger partial charge on any atom is -0.506 e. The molecule has 0 unspecified atom stereocenters. The van der Waals surface area contributed by atoms with E-state index in [9.17, 15) is 9.90 Å². The van der Waals surface area contributed by atoms with Crippen LogP contribution in [0.5, 0.6) is 17.2 Å². The molecule has 0 saturated carbocycles. The molecule has 1 aromatic heterocycles. The molecule has 0 fully saturated rings. The molecular weight excluding hydrogens is 554 g/mol. The quantitative estimate of drug-likeness (QED) is 0.159. The van der Waals surface area contributed by atoms with Crippen molar-refractivity contribution < 1.29 is 19.4 Å². The van der Waals surface area contributed by atoms with Gasteiger partial charge >= 0.3 is 5.97 Å². The van der Waals surface area contributed by atoms with E-state index in [0.717, 1.165) is 43.0 Å². The molecule has 1 heterocycles. The van der Waals surface area contributed by atoms with Crippen molar-refractivity contribution in [2.75, 3.05) is 7.11 Å². The van der Waals surface area contributed by atoms with Crippen LogP contribution < -0.4 is 9.47 Å². The highest BCUT2D eigenvalue weighted by atomic mass is 79.9. The smallest absolute Gasteiger partial charge is 0.347 e. The van der Waals surface area contributed by atoms with Crippen molar-refractivity contribution in [1.82, 2.24) is 4.98 Å². The zero-order valence-electron chi connectivity index (χ0n) is 23.0. The normalized spacial score (nSPS) is 11.9. The zero-order chi connectivity index (χ0) is 28.1. The molecule has 5 nitrogen and oxygen atoms in total. The molecule has 5 aromatic rings. The molecule has 0 aliphatic carbocycles. The molecule has 0 aliphatic heterocycles. The molecule has 0 bridgehead atoms. The fourth-order valence-corrected chi connectivity index (χ4v) is 5.48. The van der Waals surface area contributed by atoms with E-state index in [4.69, 9.17) is 9.47 Å². The molecule has 0 spiro atoms. The Labute approximate surface area is 236 Å². The van der Waals surface area contributed by atoms with Crippen molar-refractivity contribution in [1.29, 1.82) is 0 Å². The van der Waals surface area contributed by atoms with E-state index >= 15 is 0 Å². The number of fused-ring (bicyclic) bond motifs is 2. The van der Waals surface area contributed by atoms with Gasteiger partial charge in [0.2, 0.25) is 0 Å². The van der Waals surface area contributed by atoms with E-state index in [-0.39, 0.29) is 22.6 Å². The largest absolute Gasteiger partial charge is 0.506 e. The molecule has 2 N–H and O–H groups in total. The monoisotopic (exact) mass is 585 g/mol. The molecular formula is C33H32BrNO4. The van der Waals surface area contributed by atoms with Crippen LogP contribution >= 0.6 is 15.9 Å². The molecule has 4 aromatic carbocycles. The summed E-state index contributed by atoms with van der Waals surface area (Å²) >= 11 is 3.57. The van der Waals surface area contributed by atoms with Gasteiger partial charge in [-0.2, -0.15) is 0 Å². The van der Waals surface area contributed by atoms with Crippen molar-refractivity contribution in [2.24, 2.45) is 0 Å². The highest BCUT2D eigenvalue weighted by molar-refractivity contribution is 9.10. The summed E-state index contributed by atoms with van der Waals surface area (Å²) in [5.74, 6) is 0.626. The number of rotatable bonds is 5. The van der Waals surface area contributed by atoms with Gasteiger partial charge in [-0.1, -0.05) is 74.8 Å². The van der Waals surface area contributed by atoms with Crippen LogP contribution in [0.1, 0.15) is 62.2 Å². The third kappa shape index (κ3) is 4.89. The number of phenolic OH excluding ortho intramolecular Hbond substituents is 1. The average Bonchev–Trinajstić information content (AvgIpc) is 3.27. The van der Waals surface area contributed by atoms with Gasteiger partial charge in [0.1, 0.15) is 22.8 Å². The average molecular weight is 587 g/mol. The number of H-pyrrole nitrogens is 1. The third-order valence-electron chi connectivity index (χ3n) is 7.04. The van der Waals surface area contributed by atoms with E-state index in [1.54, 1.807) is 19.2 Å². The highest BCUT2D eigenvalue weighted by Crippen LogP contribution is 2.48. The van der Waals surface area contributed by atoms with E-state index in [2.05, 4.69) is 55.5 Å². The topological polar surface area (TPSA) is 71.5 Å². The van der Waals surface area contributed by atoms with Crippen LogP contribution in [-0.2, 0) is 5.41 Å². The first-order chi connectivity index (χ1) is 18.5. The summed E-state index contributed by atoms with van der Waals surface area (Å²) in [5, 5.41) is 14.4. The Morgan fingerprint density at radius 2 is 1.69 bits per heavy atom. The molecule has 0 radical (unpaired) electrons. The fraction of sp³-hybridized carbons (Fsp3) is 0.242. The second-order valence-electron chi connectivity index (χ2n) is 11.1. The molecule has 200 valence electrons. The number of halogens is 1. The van der Waals surface area contributed by atoms with Gasteiger partial charge in [0.15, 0.2) is 0 Å². The number of benzene rings is 4. The molecule has 0 aliphatic rings. The number of ether oxygens (including phenoxy) is 2. The van der Waals surface area contributed by atoms with Crippen molar-refractivity contribution in [3.63, 3.8) is 0 Å². The second-order valence-corrected chi connectivity index (χ2v) is 12.0. The number of para-hydroxylation sites is 1. The van der Waals surface area contributed by atoms with E-state index in [0.29, 0.717) is 17.1 Å². The maximum Gasteiger partial charge on any atom is 0.347 e. The minimum atomic E-state index is -0.613. The number of esters is 1. The first-order valence-electron chi connectivity index (χ1n) is 13.0. The van der Waals surface area contributed by atoms with Gasteiger partial charge in [0.05, 0.1) is 7.11 Å². The Bertz CT molecular complexity index is 1730. The van der Waals surface area contributed by atoms with Gasteiger partial charge < -0.3 is 19.6 Å². The second kappa shape index (κ2) is 10.1. The number of nitrogens with one attached hydrogen (secondary N) is 1. The molecule has 5 rings (SSSR count). The molecule has 0 saturated heterocycles. The first-order valence-corrected chi connectivity index (χ1v) is 13.8. The number of phenols is 1. The SMILES string of the molecule is COc1ccc2[nH]c(C(C)(C)C)c(-c3c(O)c(C(=O)Oc4ccccc4C(C)C)cc4cc(Br)ccc34)c2c1. The lowest BCUT2D eigenvalue weighted by molar-refractivity contribution is 0.0730. The summed E-state index contributed by atoms with van der Waals surface area (Å²) in [6.07, 6.45) is 0. The zero-order valence-corrected chi connectivity index (χ0v) is 24.6. The van der Waals surface area contributed by atoms with Crippen LogP contribution in [0.2, 0.25) is 0 Å². The number of aromatic amines is 1. The molecule has 39 heavy (non-hydrogen) atoms. The molecule has 0 amide bonds. The van der Waals surface area contributed by atoms with Gasteiger partial charge in [-0.15, -0.1) is 0 Å². The maximum atomic E-state index is 13.7. The Balaban J connectivity index is 1.81. The molecule has 6 heteroatoms. The summed E-state index contributed by atoms with van der Waals surface area (Å²) in [4.78, 5) is 17.3. The highest BCUT2D eigenvalue weighted by Gasteiger charge is 2.29. The van der Waals surface area contributed by atoms with Crippen LogP contribution in [0.3, 0.4) is 0 Å². The summed E-state index contributed by atoms with van der Waals surface area (Å²) in [5.41, 5.74) is 4.01. The predicted molar refractivity (Wildman–Crippen MR) is 161 cm³/mol. The van der Waals surface area contributed by atoms with E-state index < -0.39 is 5.97 Å². The van der Waals surface area contributed by atoms with Gasteiger partial charge in [0, 0.05) is 37.6 Å². The predicted octanol–water partition coefficient (Wildman–Crippen LogP) is 9.10.